The van der Waals surface area contributed by atoms with Gasteiger partial charge in [0.25, 0.3) is 5.91 Å². The van der Waals surface area contributed by atoms with Gasteiger partial charge in [0.1, 0.15) is 18.1 Å². The molecule has 3 aromatic rings. The average Bonchev–Trinajstić information content (AvgIpc) is 2.83. The summed E-state index contributed by atoms with van der Waals surface area (Å²) >= 11 is 6.02. The van der Waals surface area contributed by atoms with Crippen molar-refractivity contribution in [1.82, 2.24) is 5.43 Å². The van der Waals surface area contributed by atoms with E-state index in [4.69, 9.17) is 30.5 Å². The first-order valence-electron chi connectivity index (χ1n) is 10.3. The van der Waals surface area contributed by atoms with Gasteiger partial charge in [0.15, 0.2) is 18.1 Å². The van der Waals surface area contributed by atoms with Crippen molar-refractivity contribution in [3.05, 3.63) is 82.9 Å². The maximum Gasteiger partial charge on any atom is 0.277 e. The lowest BCUT2D eigenvalue weighted by Gasteiger charge is -2.13. The van der Waals surface area contributed by atoms with Crippen molar-refractivity contribution in [2.24, 2.45) is 5.10 Å². The lowest BCUT2D eigenvalue weighted by molar-refractivity contribution is -0.123. The molecule has 0 fully saturated rings. The number of amides is 1. The predicted octanol–water partition coefficient (Wildman–Crippen LogP) is 4.86. The molecule has 0 aliphatic heterocycles. The number of benzene rings is 3. The molecule has 0 saturated carbocycles. The van der Waals surface area contributed by atoms with E-state index in [1.165, 1.54) is 6.21 Å². The second-order valence-corrected chi connectivity index (χ2v) is 7.25. The number of hydrogen-bond donors (Lipinski definition) is 1. The van der Waals surface area contributed by atoms with Gasteiger partial charge in [-0.2, -0.15) is 5.10 Å². The van der Waals surface area contributed by atoms with Crippen LogP contribution in [-0.4, -0.2) is 32.4 Å². The summed E-state index contributed by atoms with van der Waals surface area (Å²) in [5.74, 6) is 2.07. The summed E-state index contributed by atoms with van der Waals surface area (Å²) in [6, 6.07) is 19.8. The summed E-state index contributed by atoms with van der Waals surface area (Å²) in [5.41, 5.74) is 4.13. The normalized spacial score (nSPS) is 10.6. The van der Waals surface area contributed by atoms with Crippen LogP contribution in [0.5, 0.6) is 23.0 Å². The van der Waals surface area contributed by atoms with Gasteiger partial charge in [-0.1, -0.05) is 23.7 Å². The number of hydrogen-bond acceptors (Lipinski definition) is 6. The second kappa shape index (κ2) is 12.4. The molecule has 1 N–H and O–H groups in total. The zero-order valence-electron chi connectivity index (χ0n) is 18.4. The third-order valence-corrected chi connectivity index (χ3v) is 4.62. The maximum absolute atomic E-state index is 12.0. The first kappa shape index (κ1) is 23.9. The molecule has 0 aliphatic rings. The van der Waals surface area contributed by atoms with Gasteiger partial charge in [0.05, 0.1) is 19.9 Å². The van der Waals surface area contributed by atoms with Crippen molar-refractivity contribution in [2.75, 3.05) is 20.3 Å². The van der Waals surface area contributed by atoms with E-state index in [1.54, 1.807) is 43.5 Å². The summed E-state index contributed by atoms with van der Waals surface area (Å²) in [6.45, 7) is 2.57. The molecule has 0 aliphatic carbocycles. The van der Waals surface area contributed by atoms with Crippen molar-refractivity contribution in [1.29, 1.82) is 0 Å². The smallest absolute Gasteiger partial charge is 0.277 e. The van der Waals surface area contributed by atoms with E-state index in [9.17, 15) is 4.79 Å². The molecule has 0 atom stereocenters. The Morgan fingerprint density at radius 1 is 0.970 bits per heavy atom. The molecule has 3 aromatic carbocycles. The number of hydrazone groups is 1. The molecule has 33 heavy (non-hydrogen) atoms. The fourth-order valence-corrected chi connectivity index (χ4v) is 3.03. The van der Waals surface area contributed by atoms with Crippen molar-refractivity contribution >= 4 is 23.7 Å². The summed E-state index contributed by atoms with van der Waals surface area (Å²) in [6.07, 6.45) is 1.52. The standard InChI is InChI=1S/C25H25ClN2O5/c1-3-31-24-14-18(7-12-23(24)33-16-19-5-4-6-20(26)13-19)15-27-28-25(29)17-32-22-10-8-21(30-2)9-11-22/h4-15H,3,16-17H2,1-2H3,(H,28,29)/b27-15+. The Hall–Kier alpha value is -3.71. The Morgan fingerprint density at radius 2 is 1.76 bits per heavy atom. The van der Waals surface area contributed by atoms with E-state index in [2.05, 4.69) is 10.5 Å². The van der Waals surface area contributed by atoms with Crippen molar-refractivity contribution in [3.63, 3.8) is 0 Å². The Balaban J connectivity index is 1.53. The molecule has 0 aromatic heterocycles. The number of methoxy groups -OCH3 is 1. The highest BCUT2D eigenvalue weighted by atomic mass is 35.5. The monoisotopic (exact) mass is 468 g/mol. The third-order valence-electron chi connectivity index (χ3n) is 4.38. The van der Waals surface area contributed by atoms with E-state index < -0.39 is 0 Å². The number of carbonyl (C=O) groups is 1. The lowest BCUT2D eigenvalue weighted by atomic mass is 10.2. The highest BCUT2D eigenvalue weighted by molar-refractivity contribution is 6.30. The molecule has 0 bridgehead atoms. The number of rotatable bonds is 11. The van der Waals surface area contributed by atoms with Crippen LogP contribution in [0, 0.1) is 0 Å². The fraction of sp³-hybridized carbons (Fsp3) is 0.200. The third kappa shape index (κ3) is 7.73. The second-order valence-electron chi connectivity index (χ2n) is 6.82. The van der Waals surface area contributed by atoms with E-state index in [1.807, 2.05) is 37.3 Å². The summed E-state index contributed by atoms with van der Waals surface area (Å²) in [4.78, 5) is 12.0. The van der Waals surface area contributed by atoms with Gasteiger partial charge in [-0.05, 0) is 72.6 Å². The molecular formula is C25H25ClN2O5. The molecule has 172 valence electrons. The molecule has 0 radical (unpaired) electrons. The lowest BCUT2D eigenvalue weighted by Crippen LogP contribution is -2.24. The van der Waals surface area contributed by atoms with Gasteiger partial charge in [-0.25, -0.2) is 5.43 Å². The highest BCUT2D eigenvalue weighted by Gasteiger charge is 2.07. The Bertz CT molecular complexity index is 1090. The van der Waals surface area contributed by atoms with E-state index in [0.717, 1.165) is 11.1 Å². The first-order valence-corrected chi connectivity index (χ1v) is 10.7. The van der Waals surface area contributed by atoms with Gasteiger partial charge in [0, 0.05) is 5.02 Å². The van der Waals surface area contributed by atoms with Crippen molar-refractivity contribution in [2.45, 2.75) is 13.5 Å². The van der Waals surface area contributed by atoms with E-state index in [-0.39, 0.29) is 12.5 Å². The van der Waals surface area contributed by atoms with Gasteiger partial charge < -0.3 is 18.9 Å². The van der Waals surface area contributed by atoms with Gasteiger partial charge in [0.2, 0.25) is 0 Å². The number of halogens is 1. The minimum atomic E-state index is -0.381. The van der Waals surface area contributed by atoms with Gasteiger partial charge >= 0.3 is 0 Å². The summed E-state index contributed by atoms with van der Waals surface area (Å²) in [5, 5.41) is 4.64. The average molecular weight is 469 g/mol. The van der Waals surface area contributed by atoms with Crippen LogP contribution in [-0.2, 0) is 11.4 Å². The minimum Gasteiger partial charge on any atom is -0.497 e. The van der Waals surface area contributed by atoms with E-state index in [0.29, 0.717) is 41.2 Å². The highest BCUT2D eigenvalue weighted by Crippen LogP contribution is 2.29. The Labute approximate surface area is 197 Å². The molecule has 1 amide bonds. The van der Waals surface area contributed by atoms with Gasteiger partial charge in [-0.3, -0.25) is 4.79 Å². The molecule has 8 heteroatoms. The van der Waals surface area contributed by atoms with Crippen LogP contribution >= 0.6 is 11.6 Å². The number of nitrogens with zero attached hydrogens (tertiary/aromatic N) is 1. The van der Waals surface area contributed by atoms with Gasteiger partial charge in [-0.15, -0.1) is 0 Å². The SMILES string of the molecule is CCOc1cc(/C=N/NC(=O)COc2ccc(OC)cc2)ccc1OCc1cccc(Cl)c1. The topological polar surface area (TPSA) is 78.4 Å². The first-order chi connectivity index (χ1) is 16.1. The maximum atomic E-state index is 12.0. The molecule has 0 heterocycles. The number of nitrogens with one attached hydrogen (secondary N) is 1. The molecule has 7 nitrogen and oxygen atoms in total. The zero-order chi connectivity index (χ0) is 23.5. The number of carbonyl (C=O) groups excluding carboxylic acids is 1. The minimum absolute atomic E-state index is 0.163. The Kier molecular flexibility index (Phi) is 8.97. The quantitative estimate of drug-likeness (QED) is 0.321. The fourth-order valence-electron chi connectivity index (χ4n) is 2.81. The van der Waals surface area contributed by atoms with Crippen LogP contribution in [0.2, 0.25) is 5.02 Å². The Morgan fingerprint density at radius 3 is 2.48 bits per heavy atom. The largest absolute Gasteiger partial charge is 0.497 e. The number of ether oxygens (including phenoxy) is 4. The molecule has 0 unspecified atom stereocenters. The van der Waals surface area contributed by atoms with Crippen LogP contribution in [0.4, 0.5) is 0 Å². The van der Waals surface area contributed by atoms with Crippen molar-refractivity contribution in [3.8, 4) is 23.0 Å². The van der Waals surface area contributed by atoms with E-state index >= 15 is 0 Å². The van der Waals surface area contributed by atoms with Crippen LogP contribution in [0.1, 0.15) is 18.1 Å². The molecule has 3 rings (SSSR count). The molecular weight excluding hydrogens is 444 g/mol. The zero-order valence-corrected chi connectivity index (χ0v) is 19.2. The molecule has 0 spiro atoms. The summed E-state index contributed by atoms with van der Waals surface area (Å²) in [7, 11) is 1.58. The molecule has 0 saturated heterocycles. The van der Waals surface area contributed by atoms with Crippen LogP contribution < -0.4 is 24.4 Å². The van der Waals surface area contributed by atoms with Crippen LogP contribution in [0.3, 0.4) is 0 Å². The van der Waals surface area contributed by atoms with Crippen LogP contribution in [0.15, 0.2) is 71.8 Å². The summed E-state index contributed by atoms with van der Waals surface area (Å²) < 4.78 is 22.1. The van der Waals surface area contributed by atoms with Crippen molar-refractivity contribution < 1.29 is 23.7 Å². The van der Waals surface area contributed by atoms with Crippen LogP contribution in [0.25, 0.3) is 0 Å². The predicted molar refractivity (Wildman–Crippen MR) is 128 cm³/mol.